The Bertz CT molecular complexity index is 2510. The summed E-state index contributed by atoms with van der Waals surface area (Å²) in [6.45, 7) is 8.50. The van der Waals surface area contributed by atoms with Crippen molar-refractivity contribution in [2.24, 2.45) is 0 Å². The van der Waals surface area contributed by atoms with Gasteiger partial charge in [0, 0.05) is 27.8 Å². The molecular weight excluding hydrogens is 845 g/mol. The Hall–Kier alpha value is -5.63. The molecule has 0 aliphatic carbocycles. The van der Waals surface area contributed by atoms with Gasteiger partial charge in [-0.2, -0.15) is 10.4 Å². The minimum Gasteiger partial charge on any atom is -0.447 e. The topological polar surface area (TPSA) is 144 Å². The fraction of sp³-hybridized carbons (Fsp3) is 0.244. The molecule has 0 amide bonds. The predicted octanol–water partition coefficient (Wildman–Crippen LogP) is 9.64. The number of fused-ring (bicyclic) bond motifs is 1. The second kappa shape index (κ2) is 21.4. The van der Waals surface area contributed by atoms with E-state index in [-0.39, 0.29) is 61.5 Å². The minimum absolute atomic E-state index is 0.0770. The van der Waals surface area contributed by atoms with Crippen LogP contribution in [0.15, 0.2) is 129 Å². The molecule has 0 saturated carbocycles. The zero-order valence-electron chi connectivity index (χ0n) is 33.5. The second-order valence-electron chi connectivity index (χ2n) is 13.7. The summed E-state index contributed by atoms with van der Waals surface area (Å²) in [5, 5.41) is 13.1. The van der Waals surface area contributed by atoms with Crippen LogP contribution in [-0.4, -0.2) is 64.0 Å². The summed E-state index contributed by atoms with van der Waals surface area (Å²) in [6, 6.07) is 19.3. The van der Waals surface area contributed by atoms with Gasteiger partial charge in [-0.1, -0.05) is 66.8 Å². The molecule has 0 bridgehead atoms. The number of hydrogen-bond acceptors (Lipinski definition) is 12. The van der Waals surface area contributed by atoms with Crippen LogP contribution < -0.4 is 0 Å². The number of aromatic nitrogens is 3. The lowest BCUT2D eigenvalue weighted by Crippen LogP contribution is -2.47. The van der Waals surface area contributed by atoms with Gasteiger partial charge in [0.05, 0.1) is 62.0 Å². The highest BCUT2D eigenvalue weighted by atomic mass is 32.2. The molecule has 0 radical (unpaired) electrons. The van der Waals surface area contributed by atoms with E-state index in [1.807, 2.05) is 6.07 Å². The van der Waals surface area contributed by atoms with Crippen LogP contribution in [0.2, 0.25) is 0 Å². The van der Waals surface area contributed by atoms with E-state index < -0.39 is 48.4 Å². The quantitative estimate of drug-likeness (QED) is 0.0318. The zero-order valence-corrected chi connectivity index (χ0v) is 35.2. The second-order valence-corrected chi connectivity index (χ2v) is 17.0. The number of hydrogen-bond donors (Lipinski definition) is 0. The van der Waals surface area contributed by atoms with Crippen molar-refractivity contribution in [1.29, 1.82) is 5.26 Å². The van der Waals surface area contributed by atoms with Crippen molar-refractivity contribution in [3.05, 3.63) is 174 Å². The lowest BCUT2D eigenvalue weighted by Gasteiger charge is -2.40. The standard InChI is InChI=1S/C45H42F3N4O8PS/c1-4-20-57-61(54,58-21-5-2)59-25-35-13-8-11-34-12-9-14-38(43(34)35)44(53)60-45(28-52-30-50-29-51-52,39-19-18-36(46)23-41(39)48)31(3)62-37-26-55-42(56-27-37)15-7-6-10-33-17-16-32(24-49)22-40(33)47/h4-19,22-23,29-31,37,42H,1-2,20-21,25-28H2,3H3/t31-,37-,42-,45-/m1/s1. The van der Waals surface area contributed by atoms with Gasteiger partial charge < -0.3 is 14.2 Å². The van der Waals surface area contributed by atoms with Crippen LogP contribution in [0.25, 0.3) is 16.8 Å². The molecule has 4 aromatic carbocycles. The number of halogens is 3. The van der Waals surface area contributed by atoms with E-state index in [1.165, 1.54) is 59.4 Å². The van der Waals surface area contributed by atoms with Crippen LogP contribution in [-0.2, 0) is 51.1 Å². The number of ether oxygens (including phenoxy) is 3. The fourth-order valence-electron chi connectivity index (χ4n) is 6.60. The molecule has 1 aliphatic rings. The molecule has 0 N–H and O–H groups in total. The predicted molar refractivity (Wildman–Crippen MR) is 228 cm³/mol. The van der Waals surface area contributed by atoms with E-state index >= 15 is 4.39 Å². The lowest BCUT2D eigenvalue weighted by molar-refractivity contribution is -0.146. The van der Waals surface area contributed by atoms with E-state index in [0.717, 1.165) is 18.2 Å². The number of carbonyl (C=O) groups is 1. The van der Waals surface area contributed by atoms with Gasteiger partial charge in [-0.05, 0) is 54.3 Å². The van der Waals surface area contributed by atoms with Crippen LogP contribution in [0, 0.1) is 28.8 Å². The highest BCUT2D eigenvalue weighted by Crippen LogP contribution is 2.50. The maximum absolute atomic E-state index is 16.2. The van der Waals surface area contributed by atoms with Gasteiger partial charge >= 0.3 is 13.8 Å². The lowest BCUT2D eigenvalue weighted by atomic mass is 9.89. The third-order valence-electron chi connectivity index (χ3n) is 9.55. The SMILES string of the molecule is C=CCOP(=O)(OCC=C)OCc1cccc2cccc(C(=O)O[C@@](Cn3cncn3)(c3ccc(F)cc3F)[C@@H](C)S[C@H]3CO[C@H](C=CC=Cc4ccc(C#N)cc4F)OC3)c12. The van der Waals surface area contributed by atoms with Gasteiger partial charge in [-0.15, -0.1) is 24.9 Å². The summed E-state index contributed by atoms with van der Waals surface area (Å²) in [5.74, 6) is -3.17. The first-order chi connectivity index (χ1) is 30.0. The highest BCUT2D eigenvalue weighted by Gasteiger charge is 2.47. The number of benzene rings is 4. The van der Waals surface area contributed by atoms with Crippen molar-refractivity contribution >= 4 is 42.4 Å². The number of esters is 1. The number of allylic oxidation sites excluding steroid dienone is 2. The molecule has 1 saturated heterocycles. The van der Waals surface area contributed by atoms with Crippen molar-refractivity contribution in [2.75, 3.05) is 26.4 Å². The van der Waals surface area contributed by atoms with Gasteiger partial charge in [0.15, 0.2) is 11.9 Å². The number of phosphoric acid groups is 1. The van der Waals surface area contributed by atoms with E-state index in [2.05, 4.69) is 23.2 Å². The minimum atomic E-state index is -4.11. The van der Waals surface area contributed by atoms with Gasteiger partial charge in [0.2, 0.25) is 0 Å². The Labute approximate surface area is 360 Å². The normalized spacial score (nSPS) is 17.1. The summed E-state index contributed by atoms with van der Waals surface area (Å²) in [4.78, 5) is 18.8. The summed E-state index contributed by atoms with van der Waals surface area (Å²) in [5.41, 5.74) is -0.929. The Morgan fingerprint density at radius 3 is 2.42 bits per heavy atom. The zero-order chi connectivity index (χ0) is 44.1. The molecule has 62 heavy (non-hydrogen) atoms. The molecule has 1 fully saturated rings. The van der Waals surface area contributed by atoms with Crippen LogP contribution in [0.4, 0.5) is 13.2 Å². The molecule has 2 heterocycles. The van der Waals surface area contributed by atoms with Gasteiger partial charge in [0.25, 0.3) is 0 Å². The number of nitrogens with zero attached hydrogens (tertiary/aromatic N) is 4. The number of nitriles is 1. The Morgan fingerprint density at radius 2 is 1.76 bits per heavy atom. The molecule has 1 aromatic heterocycles. The summed E-state index contributed by atoms with van der Waals surface area (Å²) < 4.78 is 94.7. The number of phosphoric ester groups is 1. The monoisotopic (exact) mass is 886 g/mol. The summed E-state index contributed by atoms with van der Waals surface area (Å²) in [7, 11) is -4.11. The molecule has 0 unspecified atom stereocenters. The average molecular weight is 887 g/mol. The first-order valence-electron chi connectivity index (χ1n) is 19.2. The van der Waals surface area contributed by atoms with Crippen LogP contribution in [0.3, 0.4) is 0 Å². The maximum atomic E-state index is 16.2. The van der Waals surface area contributed by atoms with E-state index in [0.29, 0.717) is 21.9 Å². The van der Waals surface area contributed by atoms with Crippen molar-refractivity contribution in [3.63, 3.8) is 0 Å². The van der Waals surface area contributed by atoms with Crippen molar-refractivity contribution in [1.82, 2.24) is 14.8 Å². The molecule has 5 aromatic rings. The first-order valence-corrected chi connectivity index (χ1v) is 21.6. The molecular formula is C45H42F3N4O8PS. The number of thioether (sulfide) groups is 1. The summed E-state index contributed by atoms with van der Waals surface area (Å²) >= 11 is 1.31. The summed E-state index contributed by atoms with van der Waals surface area (Å²) in [6.07, 6.45) is 11.2. The molecule has 12 nitrogen and oxygen atoms in total. The van der Waals surface area contributed by atoms with Crippen LogP contribution >= 0.6 is 19.6 Å². The smallest absolute Gasteiger partial charge is 0.447 e. The molecule has 0 spiro atoms. The Balaban J connectivity index is 1.28. The third kappa shape index (κ3) is 11.4. The Morgan fingerprint density at radius 1 is 1.02 bits per heavy atom. The van der Waals surface area contributed by atoms with Gasteiger partial charge in [-0.3, -0.25) is 13.6 Å². The van der Waals surface area contributed by atoms with E-state index in [9.17, 15) is 18.1 Å². The molecule has 2 atom stereocenters. The maximum Gasteiger partial charge on any atom is 0.475 e. The van der Waals surface area contributed by atoms with Crippen molar-refractivity contribution in [2.45, 2.75) is 42.5 Å². The largest absolute Gasteiger partial charge is 0.475 e. The first kappa shape index (κ1) is 45.9. The number of carbonyl (C=O) groups excluding carboxylic acids is 1. The number of rotatable bonds is 20. The third-order valence-corrected chi connectivity index (χ3v) is 12.4. The van der Waals surface area contributed by atoms with Crippen LogP contribution in [0.1, 0.15) is 39.5 Å². The molecule has 1 aliphatic heterocycles. The molecule has 322 valence electrons. The van der Waals surface area contributed by atoms with Crippen LogP contribution in [0.5, 0.6) is 0 Å². The van der Waals surface area contributed by atoms with Gasteiger partial charge in [0.1, 0.15) is 30.1 Å². The van der Waals surface area contributed by atoms with Gasteiger partial charge in [-0.25, -0.2) is 32.2 Å². The molecule has 6 rings (SSSR count). The molecule has 17 heteroatoms. The fourth-order valence-corrected chi connectivity index (χ4v) is 9.06. The average Bonchev–Trinajstić information content (AvgIpc) is 3.79. The van der Waals surface area contributed by atoms with E-state index in [1.54, 1.807) is 67.6 Å². The Kier molecular flexibility index (Phi) is 15.9. The van der Waals surface area contributed by atoms with Crippen molar-refractivity contribution < 1.29 is 50.3 Å². The van der Waals surface area contributed by atoms with E-state index in [4.69, 9.17) is 33.0 Å². The van der Waals surface area contributed by atoms with Crippen molar-refractivity contribution in [3.8, 4) is 6.07 Å². The highest BCUT2D eigenvalue weighted by molar-refractivity contribution is 8.00.